The summed E-state index contributed by atoms with van der Waals surface area (Å²) in [6.07, 6.45) is -0.458. The molecule has 0 aliphatic heterocycles. The van der Waals surface area contributed by atoms with E-state index in [0.29, 0.717) is 5.69 Å². The van der Waals surface area contributed by atoms with Gasteiger partial charge >= 0.3 is 6.09 Å². The minimum Gasteiger partial charge on any atom is -0.444 e. The number of amides is 1. The fraction of sp³-hybridized carbons (Fsp3) is 0.714. The predicted octanol–water partition coefficient (Wildman–Crippen LogP) is 2.98. The van der Waals surface area contributed by atoms with Gasteiger partial charge in [-0.05, 0) is 34.6 Å². The fourth-order valence-corrected chi connectivity index (χ4v) is 2.44. The molecule has 1 N–H and O–H groups in total. The van der Waals surface area contributed by atoms with Crippen molar-refractivity contribution in [3.63, 3.8) is 0 Å². The number of ether oxygens (including phenoxy) is 1. The van der Waals surface area contributed by atoms with Gasteiger partial charge < -0.3 is 14.6 Å². The smallest absolute Gasteiger partial charge is 0.408 e. The van der Waals surface area contributed by atoms with Crippen LogP contribution >= 0.6 is 0 Å². The first-order valence-electron chi connectivity index (χ1n) is 6.80. The zero-order valence-corrected chi connectivity index (χ0v) is 14.7. The molecular weight excluding hydrogens is 272 g/mol. The van der Waals surface area contributed by atoms with E-state index in [0.717, 1.165) is 5.38 Å². The number of hydrogen-bond acceptors (Lipinski definition) is 4. The molecule has 1 amide bonds. The Morgan fingerprint density at radius 1 is 1.25 bits per heavy atom. The van der Waals surface area contributed by atoms with Crippen molar-refractivity contribution in [3.05, 3.63) is 11.8 Å². The molecule has 0 aliphatic rings. The second-order valence-electron chi connectivity index (χ2n) is 7.58. The predicted molar refractivity (Wildman–Crippen MR) is 81.9 cm³/mol. The first-order valence-corrected chi connectivity index (χ1v) is 10.3. The van der Waals surface area contributed by atoms with Gasteiger partial charge in [0.25, 0.3) is 0 Å². The average molecular weight is 298 g/mol. The van der Waals surface area contributed by atoms with Gasteiger partial charge in [0, 0.05) is 6.07 Å². The van der Waals surface area contributed by atoms with Crippen LogP contribution in [0.15, 0.2) is 10.6 Å². The molecular formula is C14H26N2O3Si. The highest BCUT2D eigenvalue weighted by Gasteiger charge is 2.31. The molecule has 0 bridgehead atoms. The topological polar surface area (TPSA) is 64.4 Å². The molecule has 0 aliphatic carbocycles. The first-order chi connectivity index (χ1) is 8.81. The molecule has 0 atom stereocenters. The molecule has 0 fully saturated rings. The van der Waals surface area contributed by atoms with Gasteiger partial charge in [0.2, 0.25) is 0 Å². The highest BCUT2D eigenvalue weighted by atomic mass is 28.3. The standard InChI is InChI=1S/C14H26N2O3Si/c1-13(2,3)18-12(17)15-14(4,5)10-9-11(19-16-10)20(6,7)8/h9H,1-8H3,(H,15,17). The molecule has 0 saturated carbocycles. The molecule has 114 valence electrons. The van der Waals surface area contributed by atoms with Crippen molar-refractivity contribution in [3.8, 4) is 0 Å². The van der Waals surface area contributed by atoms with E-state index in [-0.39, 0.29) is 0 Å². The Hall–Kier alpha value is -1.30. The van der Waals surface area contributed by atoms with Crippen LogP contribution in [-0.2, 0) is 10.3 Å². The van der Waals surface area contributed by atoms with Crippen LogP contribution in [0.1, 0.15) is 40.3 Å². The summed E-state index contributed by atoms with van der Waals surface area (Å²) in [7, 11) is -1.54. The second kappa shape index (κ2) is 5.24. The number of aromatic nitrogens is 1. The summed E-state index contributed by atoms with van der Waals surface area (Å²) in [4.78, 5) is 11.9. The van der Waals surface area contributed by atoms with Crippen LogP contribution in [-0.4, -0.2) is 24.9 Å². The van der Waals surface area contributed by atoms with Crippen molar-refractivity contribution >= 4 is 19.6 Å². The van der Waals surface area contributed by atoms with Crippen molar-refractivity contribution < 1.29 is 14.1 Å². The quantitative estimate of drug-likeness (QED) is 0.871. The molecule has 1 aromatic rings. The highest BCUT2D eigenvalue weighted by molar-refractivity contribution is 6.87. The number of carbonyl (C=O) groups excluding carboxylic acids is 1. The van der Waals surface area contributed by atoms with Crippen molar-refractivity contribution in [1.82, 2.24) is 10.5 Å². The second-order valence-corrected chi connectivity index (χ2v) is 12.6. The van der Waals surface area contributed by atoms with Crippen molar-refractivity contribution in [1.29, 1.82) is 0 Å². The Bertz CT molecular complexity index is 481. The number of carbonyl (C=O) groups is 1. The minimum atomic E-state index is -1.54. The van der Waals surface area contributed by atoms with E-state index in [9.17, 15) is 4.79 Å². The summed E-state index contributed by atoms with van der Waals surface area (Å²) in [5.74, 6) is 0. The molecule has 5 nitrogen and oxygen atoms in total. The summed E-state index contributed by atoms with van der Waals surface area (Å²) in [5.41, 5.74) is -0.446. The maximum atomic E-state index is 11.9. The number of hydrogen-bond donors (Lipinski definition) is 1. The first kappa shape index (κ1) is 16.8. The summed E-state index contributed by atoms with van der Waals surface area (Å²) < 4.78 is 10.7. The van der Waals surface area contributed by atoms with E-state index in [1.165, 1.54) is 0 Å². The van der Waals surface area contributed by atoms with Gasteiger partial charge in [-0.1, -0.05) is 24.8 Å². The maximum absolute atomic E-state index is 11.9. The fourth-order valence-electron chi connectivity index (χ4n) is 1.55. The van der Waals surface area contributed by atoms with Gasteiger partial charge in [-0.3, -0.25) is 0 Å². The van der Waals surface area contributed by atoms with Crippen LogP contribution in [0.25, 0.3) is 0 Å². The average Bonchev–Trinajstić information content (AvgIpc) is 2.60. The van der Waals surface area contributed by atoms with E-state index in [1.807, 2.05) is 40.7 Å². The van der Waals surface area contributed by atoms with Gasteiger partial charge in [-0.15, -0.1) is 0 Å². The minimum absolute atomic E-state index is 0.458. The lowest BCUT2D eigenvalue weighted by atomic mass is 10.0. The van der Waals surface area contributed by atoms with Crippen LogP contribution in [0.5, 0.6) is 0 Å². The van der Waals surface area contributed by atoms with E-state index >= 15 is 0 Å². The Morgan fingerprint density at radius 2 is 1.80 bits per heavy atom. The Kier molecular flexibility index (Phi) is 4.39. The van der Waals surface area contributed by atoms with Crippen molar-refractivity contribution in [2.24, 2.45) is 0 Å². The third-order valence-electron chi connectivity index (χ3n) is 2.70. The van der Waals surface area contributed by atoms with E-state index in [1.54, 1.807) is 0 Å². The molecule has 0 aromatic carbocycles. The van der Waals surface area contributed by atoms with Crippen LogP contribution in [0.2, 0.25) is 19.6 Å². The van der Waals surface area contributed by atoms with Gasteiger partial charge in [-0.25, -0.2) is 4.79 Å². The molecule has 1 heterocycles. The van der Waals surface area contributed by atoms with Crippen molar-refractivity contribution in [2.45, 2.75) is 65.4 Å². The van der Waals surface area contributed by atoms with Crippen LogP contribution < -0.4 is 10.7 Å². The number of nitrogens with one attached hydrogen (secondary N) is 1. The molecule has 1 rings (SSSR count). The normalized spacial score (nSPS) is 13.2. The highest BCUT2D eigenvalue weighted by Crippen LogP contribution is 2.19. The van der Waals surface area contributed by atoms with Crippen LogP contribution in [0, 0.1) is 0 Å². The summed E-state index contributed by atoms with van der Waals surface area (Å²) >= 11 is 0. The molecule has 6 heteroatoms. The Balaban J connectivity index is 2.84. The van der Waals surface area contributed by atoms with E-state index < -0.39 is 25.3 Å². The lowest BCUT2D eigenvalue weighted by Crippen LogP contribution is -2.44. The van der Waals surface area contributed by atoms with Gasteiger partial charge in [0.1, 0.15) is 24.8 Å². The summed E-state index contributed by atoms with van der Waals surface area (Å²) in [5, 5.41) is 7.84. The molecule has 20 heavy (non-hydrogen) atoms. The van der Waals surface area contributed by atoms with E-state index in [4.69, 9.17) is 9.26 Å². The number of nitrogens with zero attached hydrogens (tertiary/aromatic N) is 1. The largest absolute Gasteiger partial charge is 0.444 e. The van der Waals surface area contributed by atoms with Gasteiger partial charge in [-0.2, -0.15) is 0 Å². The van der Waals surface area contributed by atoms with Crippen LogP contribution in [0.3, 0.4) is 0 Å². The number of alkyl carbamates (subject to hydrolysis) is 1. The summed E-state index contributed by atoms with van der Waals surface area (Å²) in [6, 6.07) is 1.93. The van der Waals surface area contributed by atoms with Crippen molar-refractivity contribution in [2.75, 3.05) is 0 Å². The maximum Gasteiger partial charge on any atom is 0.408 e. The third kappa shape index (κ3) is 4.66. The SMILES string of the molecule is CC(C)(C)OC(=O)NC(C)(C)c1cc([Si](C)(C)C)on1. The van der Waals surface area contributed by atoms with Crippen LogP contribution in [0.4, 0.5) is 4.79 Å². The molecule has 0 radical (unpaired) electrons. The Labute approximate surface area is 122 Å². The zero-order valence-electron chi connectivity index (χ0n) is 13.7. The molecule has 0 spiro atoms. The molecule has 1 aromatic heterocycles. The Morgan fingerprint density at radius 3 is 2.20 bits per heavy atom. The monoisotopic (exact) mass is 298 g/mol. The lowest BCUT2D eigenvalue weighted by molar-refractivity contribution is 0.0467. The number of rotatable bonds is 3. The summed E-state index contributed by atoms with van der Waals surface area (Å²) in [6.45, 7) is 15.8. The molecule has 0 unspecified atom stereocenters. The zero-order chi connectivity index (χ0) is 15.8. The lowest BCUT2D eigenvalue weighted by Gasteiger charge is -2.26. The van der Waals surface area contributed by atoms with Gasteiger partial charge in [0.15, 0.2) is 0 Å². The van der Waals surface area contributed by atoms with E-state index in [2.05, 4.69) is 30.1 Å². The molecule has 0 saturated heterocycles. The van der Waals surface area contributed by atoms with Gasteiger partial charge in [0.05, 0.1) is 5.54 Å². The third-order valence-corrected chi connectivity index (χ3v) is 4.42.